The summed E-state index contributed by atoms with van der Waals surface area (Å²) in [4.78, 5) is 9.63. The second kappa shape index (κ2) is 5.31. The minimum atomic E-state index is 1.05. The average molecular weight is 258 g/mol. The molecular formula is C15H22N4. The third kappa shape index (κ3) is 2.96. The molecule has 1 aliphatic rings. The van der Waals surface area contributed by atoms with E-state index in [1.807, 2.05) is 0 Å². The minimum Gasteiger partial charge on any atom is -0.307 e. The number of imidazole rings is 1. The van der Waals surface area contributed by atoms with Crippen molar-refractivity contribution < 1.29 is 0 Å². The SMILES string of the molecule is Cc1ccn2cc(CCN3CCN(C)CC3)nc2c1. The van der Waals surface area contributed by atoms with Gasteiger partial charge >= 0.3 is 0 Å². The molecule has 3 heterocycles. The lowest BCUT2D eigenvalue weighted by Crippen LogP contribution is -2.45. The van der Waals surface area contributed by atoms with Crippen molar-refractivity contribution in [2.45, 2.75) is 13.3 Å². The molecule has 0 aromatic carbocycles. The van der Waals surface area contributed by atoms with Gasteiger partial charge in [0.25, 0.3) is 0 Å². The first kappa shape index (κ1) is 12.6. The molecule has 0 atom stereocenters. The lowest BCUT2D eigenvalue weighted by molar-refractivity contribution is 0.155. The quantitative estimate of drug-likeness (QED) is 0.832. The fourth-order valence-corrected chi connectivity index (χ4v) is 2.60. The van der Waals surface area contributed by atoms with E-state index < -0.39 is 0 Å². The summed E-state index contributed by atoms with van der Waals surface area (Å²) in [6.07, 6.45) is 5.30. The van der Waals surface area contributed by atoms with Crippen LogP contribution in [0.2, 0.25) is 0 Å². The first-order valence-corrected chi connectivity index (χ1v) is 7.06. The van der Waals surface area contributed by atoms with Gasteiger partial charge < -0.3 is 14.2 Å². The van der Waals surface area contributed by atoms with E-state index >= 15 is 0 Å². The van der Waals surface area contributed by atoms with Crippen LogP contribution in [0, 0.1) is 6.92 Å². The van der Waals surface area contributed by atoms with Gasteiger partial charge in [0.15, 0.2) is 0 Å². The van der Waals surface area contributed by atoms with Crippen LogP contribution in [0.5, 0.6) is 0 Å². The maximum atomic E-state index is 4.70. The van der Waals surface area contributed by atoms with Crippen LogP contribution >= 0.6 is 0 Å². The van der Waals surface area contributed by atoms with Gasteiger partial charge in [0.1, 0.15) is 5.65 Å². The van der Waals surface area contributed by atoms with Crippen LogP contribution < -0.4 is 0 Å². The standard InChI is InChI=1S/C15H22N4/c1-13-3-6-19-12-14(16-15(19)11-13)4-5-18-9-7-17(2)8-10-18/h3,6,11-12H,4-5,7-10H2,1-2H3. The third-order valence-electron chi connectivity index (χ3n) is 3.95. The van der Waals surface area contributed by atoms with Crippen LogP contribution in [0.25, 0.3) is 5.65 Å². The molecule has 0 radical (unpaired) electrons. The molecule has 0 spiro atoms. The fraction of sp³-hybridized carbons (Fsp3) is 0.533. The summed E-state index contributed by atoms with van der Waals surface area (Å²) >= 11 is 0. The minimum absolute atomic E-state index is 1.05. The zero-order valence-corrected chi connectivity index (χ0v) is 11.8. The summed E-state index contributed by atoms with van der Waals surface area (Å²) in [7, 11) is 2.20. The maximum Gasteiger partial charge on any atom is 0.137 e. The summed E-state index contributed by atoms with van der Waals surface area (Å²) in [6.45, 7) is 7.97. The topological polar surface area (TPSA) is 23.8 Å². The van der Waals surface area contributed by atoms with Crippen molar-refractivity contribution >= 4 is 5.65 Å². The molecule has 0 bridgehead atoms. The van der Waals surface area contributed by atoms with E-state index in [9.17, 15) is 0 Å². The van der Waals surface area contributed by atoms with Crippen LogP contribution in [-0.2, 0) is 6.42 Å². The highest BCUT2D eigenvalue weighted by molar-refractivity contribution is 5.42. The first-order chi connectivity index (χ1) is 9.20. The molecule has 2 aromatic rings. The summed E-state index contributed by atoms with van der Waals surface area (Å²) < 4.78 is 2.12. The van der Waals surface area contributed by atoms with E-state index in [0.717, 1.165) is 18.6 Å². The van der Waals surface area contributed by atoms with Crippen molar-refractivity contribution in [2.75, 3.05) is 39.8 Å². The van der Waals surface area contributed by atoms with Crippen molar-refractivity contribution in [1.82, 2.24) is 19.2 Å². The molecule has 0 saturated carbocycles. The van der Waals surface area contributed by atoms with Crippen LogP contribution in [0.1, 0.15) is 11.3 Å². The number of hydrogen-bond donors (Lipinski definition) is 0. The smallest absolute Gasteiger partial charge is 0.137 e. The zero-order valence-electron chi connectivity index (χ0n) is 11.8. The fourth-order valence-electron chi connectivity index (χ4n) is 2.60. The predicted octanol–water partition coefficient (Wildman–Crippen LogP) is 1.43. The molecule has 19 heavy (non-hydrogen) atoms. The molecule has 4 nitrogen and oxygen atoms in total. The van der Waals surface area contributed by atoms with Crippen LogP contribution in [0.3, 0.4) is 0 Å². The van der Waals surface area contributed by atoms with Crippen molar-refractivity contribution in [3.05, 3.63) is 35.8 Å². The zero-order chi connectivity index (χ0) is 13.2. The van der Waals surface area contributed by atoms with Gasteiger partial charge in [-0.2, -0.15) is 0 Å². The van der Waals surface area contributed by atoms with Gasteiger partial charge in [0.2, 0.25) is 0 Å². The Labute approximate surface area is 114 Å². The Kier molecular flexibility index (Phi) is 3.53. The number of pyridine rings is 1. The Hall–Kier alpha value is -1.39. The Balaban J connectivity index is 1.62. The Morgan fingerprint density at radius 3 is 2.79 bits per heavy atom. The number of nitrogens with zero attached hydrogens (tertiary/aromatic N) is 4. The van der Waals surface area contributed by atoms with E-state index in [0.29, 0.717) is 0 Å². The highest BCUT2D eigenvalue weighted by atomic mass is 15.2. The molecule has 4 heteroatoms. The van der Waals surface area contributed by atoms with Gasteiger partial charge in [0, 0.05) is 51.5 Å². The largest absolute Gasteiger partial charge is 0.307 e. The van der Waals surface area contributed by atoms with Crippen molar-refractivity contribution in [2.24, 2.45) is 0 Å². The monoisotopic (exact) mass is 258 g/mol. The van der Waals surface area contributed by atoms with Gasteiger partial charge in [-0.05, 0) is 31.7 Å². The van der Waals surface area contributed by atoms with E-state index in [1.165, 1.54) is 37.4 Å². The van der Waals surface area contributed by atoms with Crippen LogP contribution in [0.4, 0.5) is 0 Å². The second-order valence-corrected chi connectivity index (χ2v) is 5.60. The number of hydrogen-bond acceptors (Lipinski definition) is 3. The number of piperazine rings is 1. The summed E-state index contributed by atoms with van der Waals surface area (Å²) in [5.41, 5.74) is 3.53. The normalized spacial score (nSPS) is 18.2. The number of aromatic nitrogens is 2. The number of fused-ring (bicyclic) bond motifs is 1. The number of likely N-dealkylation sites (N-methyl/N-ethyl adjacent to an activating group) is 1. The lowest BCUT2D eigenvalue weighted by Gasteiger charge is -2.32. The molecule has 1 aliphatic heterocycles. The molecule has 1 fully saturated rings. The van der Waals surface area contributed by atoms with E-state index in [1.54, 1.807) is 0 Å². The lowest BCUT2D eigenvalue weighted by atomic mass is 10.2. The Bertz CT molecular complexity index is 552. The highest BCUT2D eigenvalue weighted by Gasteiger charge is 2.13. The van der Waals surface area contributed by atoms with Crippen molar-refractivity contribution in [3.8, 4) is 0 Å². The molecule has 2 aromatic heterocycles. The average Bonchev–Trinajstić information content (AvgIpc) is 2.80. The van der Waals surface area contributed by atoms with E-state index in [4.69, 9.17) is 4.98 Å². The Morgan fingerprint density at radius 2 is 2.00 bits per heavy atom. The van der Waals surface area contributed by atoms with Gasteiger partial charge in [-0.25, -0.2) is 4.98 Å². The maximum absolute atomic E-state index is 4.70. The highest BCUT2D eigenvalue weighted by Crippen LogP contribution is 2.09. The van der Waals surface area contributed by atoms with Gasteiger partial charge in [-0.3, -0.25) is 0 Å². The molecule has 1 saturated heterocycles. The first-order valence-electron chi connectivity index (χ1n) is 7.06. The summed E-state index contributed by atoms with van der Waals surface area (Å²) in [5.74, 6) is 0. The molecule has 102 valence electrons. The van der Waals surface area contributed by atoms with Gasteiger partial charge in [-0.1, -0.05) is 0 Å². The summed E-state index contributed by atoms with van der Waals surface area (Å²) in [6, 6.07) is 4.26. The second-order valence-electron chi connectivity index (χ2n) is 5.60. The number of aryl methyl sites for hydroxylation is 1. The van der Waals surface area contributed by atoms with Crippen molar-refractivity contribution in [1.29, 1.82) is 0 Å². The molecule has 0 amide bonds. The molecule has 0 N–H and O–H groups in total. The van der Waals surface area contributed by atoms with Crippen LogP contribution in [-0.4, -0.2) is 59.0 Å². The van der Waals surface area contributed by atoms with E-state index in [2.05, 4.69) is 52.7 Å². The van der Waals surface area contributed by atoms with Crippen LogP contribution in [0.15, 0.2) is 24.5 Å². The molecule has 3 rings (SSSR count). The van der Waals surface area contributed by atoms with Gasteiger partial charge in [0.05, 0.1) is 5.69 Å². The molecule has 0 unspecified atom stereocenters. The molecular weight excluding hydrogens is 236 g/mol. The Morgan fingerprint density at radius 1 is 1.21 bits per heavy atom. The third-order valence-corrected chi connectivity index (χ3v) is 3.95. The van der Waals surface area contributed by atoms with Crippen molar-refractivity contribution in [3.63, 3.8) is 0 Å². The van der Waals surface area contributed by atoms with Gasteiger partial charge in [-0.15, -0.1) is 0 Å². The van der Waals surface area contributed by atoms with E-state index in [-0.39, 0.29) is 0 Å². The molecule has 0 aliphatic carbocycles. The predicted molar refractivity (Wildman–Crippen MR) is 77.6 cm³/mol. The number of rotatable bonds is 3. The summed E-state index contributed by atoms with van der Waals surface area (Å²) in [5, 5.41) is 0.